The number of carbonyl (C=O) groups is 2. The van der Waals surface area contributed by atoms with Crippen LogP contribution in [0.1, 0.15) is 31.9 Å². The van der Waals surface area contributed by atoms with Crippen molar-refractivity contribution in [2.45, 2.75) is 26.3 Å². The SMILES string of the molecule is CCCNC(=O)C[NH+](C)[C@@H](C(=O)Nc1ccccc1OCC)c1ccccc1. The molecule has 2 amide bonds. The van der Waals surface area contributed by atoms with E-state index < -0.39 is 6.04 Å². The van der Waals surface area contributed by atoms with E-state index in [0.29, 0.717) is 24.6 Å². The smallest absolute Gasteiger partial charge is 0.287 e. The zero-order valence-corrected chi connectivity index (χ0v) is 16.8. The monoisotopic (exact) mass is 384 g/mol. The van der Waals surface area contributed by atoms with Crippen LogP contribution in [0.5, 0.6) is 5.75 Å². The molecule has 0 radical (unpaired) electrons. The van der Waals surface area contributed by atoms with Crippen LogP contribution in [0.4, 0.5) is 5.69 Å². The highest BCUT2D eigenvalue weighted by atomic mass is 16.5. The normalized spacial score (nSPS) is 12.7. The molecule has 6 heteroatoms. The van der Waals surface area contributed by atoms with E-state index in [0.717, 1.165) is 16.9 Å². The van der Waals surface area contributed by atoms with Crippen molar-refractivity contribution in [3.05, 3.63) is 60.2 Å². The molecular formula is C22H30N3O3+. The highest BCUT2D eigenvalue weighted by Gasteiger charge is 2.31. The molecule has 2 aromatic carbocycles. The van der Waals surface area contributed by atoms with E-state index in [1.54, 1.807) is 0 Å². The summed E-state index contributed by atoms with van der Waals surface area (Å²) in [4.78, 5) is 26.2. The third kappa shape index (κ3) is 6.09. The number of para-hydroxylation sites is 2. The molecule has 1 unspecified atom stereocenters. The largest absolute Gasteiger partial charge is 0.492 e. The van der Waals surface area contributed by atoms with Gasteiger partial charge in [-0.15, -0.1) is 0 Å². The summed E-state index contributed by atoms with van der Waals surface area (Å²) in [5.41, 5.74) is 1.48. The zero-order chi connectivity index (χ0) is 20.4. The summed E-state index contributed by atoms with van der Waals surface area (Å²) in [7, 11) is 1.86. The van der Waals surface area contributed by atoms with E-state index in [2.05, 4.69) is 10.6 Å². The molecule has 2 aromatic rings. The predicted octanol–water partition coefficient (Wildman–Crippen LogP) is 1.81. The molecule has 0 bridgehead atoms. The number of nitrogens with one attached hydrogen (secondary N) is 3. The molecule has 3 N–H and O–H groups in total. The zero-order valence-electron chi connectivity index (χ0n) is 16.8. The Labute approximate surface area is 166 Å². The molecule has 0 saturated carbocycles. The van der Waals surface area contributed by atoms with Crippen LogP contribution in [0.3, 0.4) is 0 Å². The van der Waals surface area contributed by atoms with Gasteiger partial charge in [-0.2, -0.15) is 0 Å². The summed E-state index contributed by atoms with van der Waals surface area (Å²) >= 11 is 0. The second-order valence-electron chi connectivity index (χ2n) is 6.64. The first kappa shape index (κ1) is 21.4. The van der Waals surface area contributed by atoms with E-state index in [1.807, 2.05) is 75.5 Å². The topological polar surface area (TPSA) is 71.9 Å². The highest BCUT2D eigenvalue weighted by Crippen LogP contribution is 2.24. The molecule has 0 aliphatic heterocycles. The van der Waals surface area contributed by atoms with Gasteiger partial charge in [0.05, 0.1) is 19.3 Å². The van der Waals surface area contributed by atoms with E-state index >= 15 is 0 Å². The molecule has 150 valence electrons. The first-order valence-electron chi connectivity index (χ1n) is 9.73. The molecule has 0 saturated heterocycles. The summed E-state index contributed by atoms with van der Waals surface area (Å²) in [5.74, 6) is 0.380. The molecule has 28 heavy (non-hydrogen) atoms. The Morgan fingerprint density at radius 2 is 1.71 bits per heavy atom. The maximum Gasteiger partial charge on any atom is 0.287 e. The quantitative estimate of drug-likeness (QED) is 0.585. The van der Waals surface area contributed by atoms with Gasteiger partial charge < -0.3 is 20.3 Å². The standard InChI is InChI=1S/C22H29N3O3/c1-4-15-23-20(26)16-25(3)21(17-11-7-6-8-12-17)22(27)24-18-13-9-10-14-19(18)28-5-2/h6-14,21H,4-5,15-16H2,1-3H3,(H,23,26)(H,24,27)/p+1/t21-/m1/s1. The number of benzene rings is 2. The van der Waals surface area contributed by atoms with Crippen LogP contribution in [0.15, 0.2) is 54.6 Å². The first-order chi connectivity index (χ1) is 13.6. The van der Waals surface area contributed by atoms with Crippen LogP contribution in [0, 0.1) is 0 Å². The van der Waals surface area contributed by atoms with Crippen LogP contribution in [-0.4, -0.2) is 38.6 Å². The van der Waals surface area contributed by atoms with Gasteiger partial charge >= 0.3 is 0 Å². The second kappa shape index (κ2) is 11.1. The number of carbonyl (C=O) groups excluding carboxylic acids is 2. The van der Waals surface area contributed by atoms with Crippen molar-refractivity contribution in [3.8, 4) is 5.75 Å². The minimum absolute atomic E-state index is 0.0669. The molecule has 0 aliphatic rings. The predicted molar refractivity (Wildman–Crippen MR) is 110 cm³/mol. The Balaban J connectivity index is 2.22. The number of likely N-dealkylation sites (N-methyl/N-ethyl adjacent to an activating group) is 1. The van der Waals surface area contributed by atoms with Crippen molar-refractivity contribution in [2.75, 3.05) is 32.1 Å². The molecule has 0 fully saturated rings. The minimum atomic E-state index is -0.525. The fourth-order valence-corrected chi connectivity index (χ4v) is 3.04. The molecular weight excluding hydrogens is 354 g/mol. The summed E-state index contributed by atoms with van der Waals surface area (Å²) in [6.07, 6.45) is 0.877. The van der Waals surface area contributed by atoms with Crippen LogP contribution >= 0.6 is 0 Å². The van der Waals surface area contributed by atoms with Crippen LogP contribution in [0.25, 0.3) is 0 Å². The van der Waals surface area contributed by atoms with Gasteiger partial charge in [-0.25, -0.2) is 0 Å². The number of anilines is 1. The minimum Gasteiger partial charge on any atom is -0.492 e. The van der Waals surface area contributed by atoms with Crippen molar-refractivity contribution in [3.63, 3.8) is 0 Å². The first-order valence-corrected chi connectivity index (χ1v) is 9.73. The Bertz CT molecular complexity index is 765. The van der Waals surface area contributed by atoms with E-state index in [4.69, 9.17) is 4.74 Å². The van der Waals surface area contributed by atoms with Crippen LogP contribution in [0.2, 0.25) is 0 Å². The van der Waals surface area contributed by atoms with Crippen molar-refractivity contribution < 1.29 is 19.2 Å². The number of quaternary nitrogens is 1. The lowest BCUT2D eigenvalue weighted by Crippen LogP contribution is -3.11. The maximum atomic E-state index is 13.2. The summed E-state index contributed by atoms with van der Waals surface area (Å²) in [5, 5.41) is 5.85. The Kier molecular flexibility index (Phi) is 8.49. The molecule has 0 aliphatic carbocycles. The van der Waals surface area contributed by atoms with Crippen LogP contribution < -0.4 is 20.3 Å². The summed E-state index contributed by atoms with van der Waals surface area (Å²) < 4.78 is 5.61. The molecule has 2 atom stereocenters. The van der Waals surface area contributed by atoms with Crippen LogP contribution in [-0.2, 0) is 9.59 Å². The lowest BCUT2D eigenvalue weighted by atomic mass is 10.0. The third-order valence-corrected chi connectivity index (χ3v) is 4.34. The second-order valence-corrected chi connectivity index (χ2v) is 6.64. The van der Waals surface area contributed by atoms with Crippen molar-refractivity contribution >= 4 is 17.5 Å². The van der Waals surface area contributed by atoms with E-state index in [9.17, 15) is 9.59 Å². The fourth-order valence-electron chi connectivity index (χ4n) is 3.04. The molecule has 0 aromatic heterocycles. The maximum absolute atomic E-state index is 13.2. The highest BCUT2D eigenvalue weighted by molar-refractivity contribution is 5.96. The average Bonchev–Trinajstić information content (AvgIpc) is 2.69. The van der Waals surface area contributed by atoms with Gasteiger partial charge in [0.25, 0.3) is 11.8 Å². The van der Waals surface area contributed by atoms with Crippen molar-refractivity contribution in [1.29, 1.82) is 0 Å². The Hall–Kier alpha value is -2.86. The molecule has 0 heterocycles. The van der Waals surface area contributed by atoms with Gasteiger partial charge in [0.15, 0.2) is 12.6 Å². The molecule has 0 spiro atoms. The Morgan fingerprint density at radius 1 is 1.04 bits per heavy atom. The lowest BCUT2D eigenvalue weighted by molar-refractivity contribution is -0.894. The van der Waals surface area contributed by atoms with Crippen molar-refractivity contribution in [1.82, 2.24) is 5.32 Å². The lowest BCUT2D eigenvalue weighted by Gasteiger charge is -2.24. The third-order valence-electron chi connectivity index (χ3n) is 4.34. The average molecular weight is 385 g/mol. The van der Waals surface area contributed by atoms with Gasteiger partial charge in [0, 0.05) is 12.1 Å². The van der Waals surface area contributed by atoms with E-state index in [-0.39, 0.29) is 18.4 Å². The van der Waals surface area contributed by atoms with Crippen molar-refractivity contribution in [2.24, 2.45) is 0 Å². The number of hydrogen-bond acceptors (Lipinski definition) is 3. The number of rotatable bonds is 10. The van der Waals surface area contributed by atoms with E-state index in [1.165, 1.54) is 0 Å². The number of hydrogen-bond donors (Lipinski definition) is 3. The van der Waals surface area contributed by atoms with Gasteiger partial charge in [-0.05, 0) is 25.5 Å². The molecule has 6 nitrogen and oxygen atoms in total. The number of amides is 2. The summed E-state index contributed by atoms with van der Waals surface area (Å²) in [6.45, 7) is 5.26. The van der Waals surface area contributed by atoms with Gasteiger partial charge in [-0.1, -0.05) is 49.4 Å². The Morgan fingerprint density at radius 3 is 2.39 bits per heavy atom. The fraction of sp³-hybridized carbons (Fsp3) is 0.364. The van der Waals surface area contributed by atoms with Gasteiger partial charge in [0.1, 0.15) is 5.75 Å². The molecule has 2 rings (SSSR count). The van der Waals surface area contributed by atoms with Gasteiger partial charge in [0.2, 0.25) is 0 Å². The van der Waals surface area contributed by atoms with Gasteiger partial charge in [-0.3, -0.25) is 9.59 Å². The summed E-state index contributed by atoms with van der Waals surface area (Å²) in [6, 6.07) is 16.4. The number of ether oxygens (including phenoxy) is 1.